The highest BCUT2D eigenvalue weighted by Gasteiger charge is 2.12. The largest absolute Gasteiger partial charge is 0.358 e. The number of H-pyrrole nitrogens is 1. The second kappa shape index (κ2) is 6.31. The van der Waals surface area contributed by atoms with Crippen molar-refractivity contribution in [1.29, 1.82) is 0 Å². The molecule has 0 fully saturated rings. The van der Waals surface area contributed by atoms with E-state index in [0.717, 1.165) is 35.1 Å². The van der Waals surface area contributed by atoms with E-state index in [4.69, 9.17) is 0 Å². The number of aromatic amines is 1. The van der Waals surface area contributed by atoms with Crippen LogP contribution in [0.5, 0.6) is 0 Å². The van der Waals surface area contributed by atoms with Crippen molar-refractivity contribution in [1.82, 2.24) is 15.2 Å². The molecule has 2 N–H and O–H groups in total. The van der Waals surface area contributed by atoms with Crippen LogP contribution >= 0.6 is 0 Å². The first-order valence-electron chi connectivity index (χ1n) is 7.43. The monoisotopic (exact) mass is 287 g/mol. The normalized spacial score (nSPS) is 12.9. The molecule has 0 aliphatic rings. The van der Waals surface area contributed by atoms with E-state index in [1.54, 1.807) is 0 Å². The van der Waals surface area contributed by atoms with Crippen molar-refractivity contribution in [3.63, 3.8) is 0 Å². The topological polar surface area (TPSA) is 48.1 Å². The Kier molecular flexibility index (Phi) is 4.68. The van der Waals surface area contributed by atoms with Gasteiger partial charge in [0.1, 0.15) is 0 Å². The standard InChI is InChI=1S/C17H25N3O/c1-11(8-9-20(4)5)18-17(21)14-6-7-16-15(10-14)12(2)13(3)19-16/h6-7,10-11,19H,8-9H2,1-5H3,(H,18,21). The highest BCUT2D eigenvalue weighted by atomic mass is 16.1. The van der Waals surface area contributed by atoms with Crippen LogP contribution in [0.4, 0.5) is 0 Å². The van der Waals surface area contributed by atoms with Crippen LogP contribution < -0.4 is 5.32 Å². The summed E-state index contributed by atoms with van der Waals surface area (Å²) in [6, 6.07) is 6.01. The zero-order chi connectivity index (χ0) is 15.6. The third-order valence-corrected chi connectivity index (χ3v) is 3.96. The summed E-state index contributed by atoms with van der Waals surface area (Å²) < 4.78 is 0. The summed E-state index contributed by atoms with van der Waals surface area (Å²) >= 11 is 0. The summed E-state index contributed by atoms with van der Waals surface area (Å²) in [5.41, 5.74) is 4.17. The molecule has 4 heteroatoms. The number of carbonyl (C=O) groups is 1. The van der Waals surface area contributed by atoms with Crippen LogP contribution in [0.25, 0.3) is 10.9 Å². The van der Waals surface area contributed by atoms with Crippen LogP contribution in [0.15, 0.2) is 18.2 Å². The fourth-order valence-electron chi connectivity index (χ4n) is 2.43. The van der Waals surface area contributed by atoms with Crippen molar-refractivity contribution in [2.45, 2.75) is 33.2 Å². The molecule has 1 amide bonds. The highest BCUT2D eigenvalue weighted by Crippen LogP contribution is 2.22. The van der Waals surface area contributed by atoms with Crippen molar-refractivity contribution in [2.24, 2.45) is 0 Å². The molecule has 0 radical (unpaired) electrons. The number of carbonyl (C=O) groups excluding carboxylic acids is 1. The van der Waals surface area contributed by atoms with E-state index in [1.807, 2.05) is 39.2 Å². The highest BCUT2D eigenvalue weighted by molar-refractivity contribution is 5.99. The molecule has 0 saturated carbocycles. The van der Waals surface area contributed by atoms with Crippen LogP contribution in [-0.4, -0.2) is 42.5 Å². The molecule has 0 saturated heterocycles. The van der Waals surface area contributed by atoms with E-state index < -0.39 is 0 Å². The lowest BCUT2D eigenvalue weighted by atomic mass is 10.1. The van der Waals surface area contributed by atoms with Gasteiger partial charge in [-0.15, -0.1) is 0 Å². The van der Waals surface area contributed by atoms with Gasteiger partial charge >= 0.3 is 0 Å². The number of hydrogen-bond acceptors (Lipinski definition) is 2. The summed E-state index contributed by atoms with van der Waals surface area (Å²) in [6.07, 6.45) is 0.948. The minimum atomic E-state index is 0.00130. The zero-order valence-electron chi connectivity index (χ0n) is 13.6. The molecule has 1 aromatic carbocycles. The molecule has 4 nitrogen and oxygen atoms in total. The van der Waals surface area contributed by atoms with Crippen molar-refractivity contribution in [2.75, 3.05) is 20.6 Å². The molecule has 0 spiro atoms. The van der Waals surface area contributed by atoms with Crippen LogP contribution in [-0.2, 0) is 0 Å². The average molecular weight is 287 g/mol. The van der Waals surface area contributed by atoms with E-state index in [1.165, 1.54) is 5.56 Å². The Morgan fingerprint density at radius 3 is 2.71 bits per heavy atom. The van der Waals surface area contributed by atoms with E-state index >= 15 is 0 Å². The van der Waals surface area contributed by atoms with Gasteiger partial charge in [-0.05, 0) is 71.6 Å². The minimum absolute atomic E-state index is 0.00130. The summed E-state index contributed by atoms with van der Waals surface area (Å²) in [7, 11) is 4.08. The fourth-order valence-corrected chi connectivity index (χ4v) is 2.43. The molecule has 0 aliphatic carbocycles. The van der Waals surface area contributed by atoms with Gasteiger partial charge in [0.25, 0.3) is 5.91 Å². The molecular formula is C17H25N3O. The number of benzene rings is 1. The summed E-state index contributed by atoms with van der Waals surface area (Å²) in [4.78, 5) is 17.8. The number of amides is 1. The third-order valence-electron chi connectivity index (χ3n) is 3.96. The molecule has 0 aliphatic heterocycles. The van der Waals surface area contributed by atoms with Gasteiger partial charge in [0.05, 0.1) is 0 Å². The SMILES string of the molecule is Cc1[nH]c2ccc(C(=O)NC(C)CCN(C)C)cc2c1C. The van der Waals surface area contributed by atoms with Crippen LogP contribution in [0.2, 0.25) is 0 Å². The first-order valence-corrected chi connectivity index (χ1v) is 7.43. The molecule has 1 atom stereocenters. The number of aryl methyl sites for hydroxylation is 2. The molecule has 21 heavy (non-hydrogen) atoms. The van der Waals surface area contributed by atoms with E-state index in [2.05, 4.69) is 29.0 Å². The van der Waals surface area contributed by atoms with Crippen LogP contribution in [0.3, 0.4) is 0 Å². The van der Waals surface area contributed by atoms with Gasteiger partial charge in [0, 0.05) is 28.2 Å². The third kappa shape index (κ3) is 3.64. The number of fused-ring (bicyclic) bond motifs is 1. The van der Waals surface area contributed by atoms with Gasteiger partial charge in [0.15, 0.2) is 0 Å². The van der Waals surface area contributed by atoms with Gasteiger partial charge in [-0.3, -0.25) is 4.79 Å². The smallest absolute Gasteiger partial charge is 0.251 e. The molecule has 2 aromatic rings. The van der Waals surface area contributed by atoms with Crippen LogP contribution in [0, 0.1) is 13.8 Å². The van der Waals surface area contributed by atoms with Crippen molar-refractivity contribution in [3.05, 3.63) is 35.0 Å². The minimum Gasteiger partial charge on any atom is -0.358 e. The Labute approximate surface area is 126 Å². The number of hydrogen-bond donors (Lipinski definition) is 2. The van der Waals surface area contributed by atoms with Gasteiger partial charge in [-0.1, -0.05) is 0 Å². The molecule has 114 valence electrons. The predicted octanol–water partition coefficient (Wildman–Crippen LogP) is 2.85. The zero-order valence-corrected chi connectivity index (χ0v) is 13.6. The Bertz CT molecular complexity index is 643. The predicted molar refractivity (Wildman–Crippen MR) is 87.9 cm³/mol. The van der Waals surface area contributed by atoms with Gasteiger partial charge in [0.2, 0.25) is 0 Å². The number of nitrogens with one attached hydrogen (secondary N) is 2. The lowest BCUT2D eigenvalue weighted by Crippen LogP contribution is -2.34. The Hall–Kier alpha value is -1.81. The Balaban J connectivity index is 2.10. The maximum absolute atomic E-state index is 12.3. The number of nitrogens with zero attached hydrogens (tertiary/aromatic N) is 1. The average Bonchev–Trinajstić information content (AvgIpc) is 2.71. The van der Waals surface area contributed by atoms with Crippen molar-refractivity contribution < 1.29 is 4.79 Å². The van der Waals surface area contributed by atoms with Gasteiger partial charge in [-0.25, -0.2) is 0 Å². The molecular weight excluding hydrogens is 262 g/mol. The van der Waals surface area contributed by atoms with Crippen molar-refractivity contribution >= 4 is 16.8 Å². The van der Waals surface area contributed by atoms with Crippen LogP contribution in [0.1, 0.15) is 35.0 Å². The summed E-state index contributed by atoms with van der Waals surface area (Å²) in [6.45, 7) is 7.15. The van der Waals surface area contributed by atoms with E-state index in [-0.39, 0.29) is 11.9 Å². The van der Waals surface area contributed by atoms with E-state index in [9.17, 15) is 4.79 Å². The van der Waals surface area contributed by atoms with Gasteiger partial charge in [-0.2, -0.15) is 0 Å². The van der Waals surface area contributed by atoms with Gasteiger partial charge < -0.3 is 15.2 Å². The Morgan fingerprint density at radius 1 is 1.33 bits per heavy atom. The summed E-state index contributed by atoms with van der Waals surface area (Å²) in [5, 5.41) is 4.19. The maximum Gasteiger partial charge on any atom is 0.251 e. The van der Waals surface area contributed by atoms with Crippen molar-refractivity contribution in [3.8, 4) is 0 Å². The molecule has 1 heterocycles. The second-order valence-corrected chi connectivity index (χ2v) is 6.10. The molecule has 1 aromatic heterocycles. The number of rotatable bonds is 5. The molecule has 0 bridgehead atoms. The quantitative estimate of drug-likeness (QED) is 0.888. The number of aromatic nitrogens is 1. The lowest BCUT2D eigenvalue weighted by molar-refractivity contribution is 0.0937. The molecule has 2 rings (SSSR count). The summed E-state index contributed by atoms with van der Waals surface area (Å²) in [5.74, 6) is 0.00130. The maximum atomic E-state index is 12.3. The Morgan fingerprint density at radius 2 is 2.05 bits per heavy atom. The lowest BCUT2D eigenvalue weighted by Gasteiger charge is -2.16. The molecule has 1 unspecified atom stereocenters. The first kappa shape index (κ1) is 15.6. The second-order valence-electron chi connectivity index (χ2n) is 6.10. The fraction of sp³-hybridized carbons (Fsp3) is 0.471. The first-order chi connectivity index (χ1) is 9.88. The van der Waals surface area contributed by atoms with E-state index in [0.29, 0.717) is 0 Å².